The summed E-state index contributed by atoms with van der Waals surface area (Å²) < 4.78 is 26.3. The van der Waals surface area contributed by atoms with Gasteiger partial charge in [-0.1, -0.05) is 0 Å². The lowest BCUT2D eigenvalue weighted by Crippen LogP contribution is -2.48. The quantitative estimate of drug-likeness (QED) is 0.845. The Labute approximate surface area is 117 Å². The van der Waals surface area contributed by atoms with Crippen LogP contribution >= 0.6 is 0 Å². The number of carbonyl (C=O) groups excluding carboxylic acids is 1. The smallest absolute Gasteiger partial charge is 0.225 e. The normalized spacial score (nSPS) is 20.2. The summed E-state index contributed by atoms with van der Waals surface area (Å²) >= 11 is 0. The summed E-state index contributed by atoms with van der Waals surface area (Å²) in [6.45, 7) is 3.48. The van der Waals surface area contributed by atoms with Crippen LogP contribution in [0, 0.1) is 17.6 Å². The Kier molecular flexibility index (Phi) is 3.70. The van der Waals surface area contributed by atoms with E-state index in [4.69, 9.17) is 0 Å². The van der Waals surface area contributed by atoms with Crippen molar-refractivity contribution in [3.8, 4) is 0 Å². The number of rotatable bonds is 3. The first-order valence-electron chi connectivity index (χ1n) is 7.08. The van der Waals surface area contributed by atoms with E-state index in [9.17, 15) is 13.6 Å². The number of halogens is 2. The van der Waals surface area contributed by atoms with Gasteiger partial charge in [0.2, 0.25) is 5.91 Å². The highest BCUT2D eigenvalue weighted by atomic mass is 19.1. The van der Waals surface area contributed by atoms with E-state index in [-0.39, 0.29) is 11.8 Å². The highest BCUT2D eigenvalue weighted by Gasteiger charge is 2.34. The largest absolute Gasteiger partial charge is 0.340 e. The number of nitrogens with zero attached hydrogens (tertiary/aromatic N) is 2. The minimum absolute atomic E-state index is 0.263. The third-order valence-corrected chi connectivity index (χ3v) is 3.94. The van der Waals surface area contributed by atoms with E-state index in [2.05, 4.69) is 4.90 Å². The van der Waals surface area contributed by atoms with E-state index in [0.29, 0.717) is 25.2 Å². The van der Waals surface area contributed by atoms with Gasteiger partial charge in [0.1, 0.15) is 11.6 Å². The first kappa shape index (κ1) is 13.5. The third kappa shape index (κ3) is 3.15. The van der Waals surface area contributed by atoms with E-state index < -0.39 is 11.6 Å². The second kappa shape index (κ2) is 5.48. The lowest BCUT2D eigenvalue weighted by atomic mass is 10.2. The molecule has 0 unspecified atom stereocenters. The summed E-state index contributed by atoms with van der Waals surface area (Å²) in [7, 11) is 0. The summed E-state index contributed by atoms with van der Waals surface area (Å²) in [6.07, 6.45) is 2.06. The predicted octanol–water partition coefficient (Wildman–Crippen LogP) is 2.02. The average Bonchev–Trinajstić information content (AvgIpc) is 3.22. The van der Waals surface area contributed by atoms with Crippen molar-refractivity contribution in [3.05, 3.63) is 35.4 Å². The third-order valence-electron chi connectivity index (χ3n) is 3.94. The molecule has 2 fully saturated rings. The molecule has 1 saturated carbocycles. The van der Waals surface area contributed by atoms with Crippen molar-refractivity contribution in [1.29, 1.82) is 0 Å². The molecule has 0 bridgehead atoms. The van der Waals surface area contributed by atoms with Crippen LogP contribution in [-0.4, -0.2) is 41.9 Å². The molecule has 2 aliphatic rings. The van der Waals surface area contributed by atoms with Gasteiger partial charge in [0.15, 0.2) is 0 Å². The fourth-order valence-electron chi connectivity index (χ4n) is 2.68. The first-order chi connectivity index (χ1) is 9.61. The second-order valence-corrected chi connectivity index (χ2v) is 5.65. The van der Waals surface area contributed by atoms with Crippen molar-refractivity contribution in [1.82, 2.24) is 9.80 Å². The Bertz CT molecular complexity index is 488. The molecule has 1 aliphatic heterocycles. The molecule has 1 saturated heterocycles. The van der Waals surface area contributed by atoms with Crippen LogP contribution in [0.2, 0.25) is 0 Å². The van der Waals surface area contributed by atoms with Crippen LogP contribution in [0.3, 0.4) is 0 Å². The van der Waals surface area contributed by atoms with Gasteiger partial charge >= 0.3 is 0 Å². The van der Waals surface area contributed by atoms with Crippen LogP contribution in [0.5, 0.6) is 0 Å². The molecule has 3 rings (SSSR count). The van der Waals surface area contributed by atoms with Gasteiger partial charge in [-0.15, -0.1) is 0 Å². The zero-order chi connectivity index (χ0) is 14.1. The van der Waals surface area contributed by atoms with E-state index in [1.165, 1.54) is 12.1 Å². The van der Waals surface area contributed by atoms with Crippen molar-refractivity contribution >= 4 is 5.91 Å². The fraction of sp³-hybridized carbons (Fsp3) is 0.533. The SMILES string of the molecule is O=C(C1CC1)N1CCN(Cc2cc(F)cc(F)c2)CC1. The number of amides is 1. The molecule has 1 heterocycles. The van der Waals surface area contributed by atoms with Gasteiger partial charge in [-0.3, -0.25) is 9.69 Å². The van der Waals surface area contributed by atoms with Crippen molar-refractivity contribution in [2.75, 3.05) is 26.2 Å². The highest BCUT2D eigenvalue weighted by molar-refractivity contribution is 5.81. The summed E-state index contributed by atoms with van der Waals surface area (Å²) in [5.41, 5.74) is 0.643. The number of piperazine rings is 1. The Morgan fingerprint density at radius 2 is 1.65 bits per heavy atom. The van der Waals surface area contributed by atoms with Crippen LogP contribution in [0.25, 0.3) is 0 Å². The Morgan fingerprint density at radius 1 is 1.05 bits per heavy atom. The number of benzene rings is 1. The summed E-state index contributed by atoms with van der Waals surface area (Å²) in [5, 5.41) is 0. The zero-order valence-electron chi connectivity index (χ0n) is 11.3. The molecule has 0 radical (unpaired) electrons. The minimum atomic E-state index is -0.539. The minimum Gasteiger partial charge on any atom is -0.340 e. The van der Waals surface area contributed by atoms with E-state index in [0.717, 1.165) is 32.0 Å². The molecule has 0 spiro atoms. The lowest BCUT2D eigenvalue weighted by molar-refractivity contribution is -0.134. The van der Waals surface area contributed by atoms with Gasteiger partial charge in [0.05, 0.1) is 0 Å². The molecule has 1 amide bonds. The maximum atomic E-state index is 13.1. The molecule has 3 nitrogen and oxygen atoms in total. The molecule has 0 atom stereocenters. The standard InChI is InChI=1S/C15H18F2N2O/c16-13-7-11(8-14(17)9-13)10-18-3-5-19(6-4-18)15(20)12-1-2-12/h7-9,12H,1-6,10H2. The first-order valence-corrected chi connectivity index (χ1v) is 7.08. The molecule has 1 aromatic rings. The Hall–Kier alpha value is -1.49. The maximum absolute atomic E-state index is 13.1. The number of hydrogen-bond donors (Lipinski definition) is 0. The fourth-order valence-corrected chi connectivity index (χ4v) is 2.68. The number of carbonyl (C=O) groups is 1. The van der Waals surface area contributed by atoms with Gasteiger partial charge in [-0.2, -0.15) is 0 Å². The van der Waals surface area contributed by atoms with Crippen LogP contribution in [-0.2, 0) is 11.3 Å². The van der Waals surface area contributed by atoms with Gasteiger partial charge in [-0.25, -0.2) is 8.78 Å². The molecular weight excluding hydrogens is 262 g/mol. The maximum Gasteiger partial charge on any atom is 0.225 e. The van der Waals surface area contributed by atoms with E-state index >= 15 is 0 Å². The summed E-state index contributed by atoms with van der Waals surface area (Å²) in [5.74, 6) is -0.537. The summed E-state index contributed by atoms with van der Waals surface area (Å²) in [4.78, 5) is 16.0. The van der Waals surface area contributed by atoms with Crippen LogP contribution in [0.1, 0.15) is 18.4 Å². The summed E-state index contributed by atoms with van der Waals surface area (Å²) in [6, 6.07) is 3.62. The number of hydrogen-bond acceptors (Lipinski definition) is 2. The van der Waals surface area contributed by atoms with Gasteiger partial charge in [-0.05, 0) is 30.5 Å². The molecule has 0 N–H and O–H groups in total. The van der Waals surface area contributed by atoms with Crippen LogP contribution < -0.4 is 0 Å². The second-order valence-electron chi connectivity index (χ2n) is 5.65. The van der Waals surface area contributed by atoms with Crippen molar-refractivity contribution in [2.45, 2.75) is 19.4 Å². The lowest BCUT2D eigenvalue weighted by Gasteiger charge is -2.34. The average molecular weight is 280 g/mol. The molecule has 108 valence electrons. The molecule has 5 heteroatoms. The molecule has 0 aromatic heterocycles. The molecule has 1 aliphatic carbocycles. The van der Waals surface area contributed by atoms with Gasteiger partial charge in [0, 0.05) is 44.7 Å². The zero-order valence-corrected chi connectivity index (χ0v) is 11.3. The molecular formula is C15H18F2N2O. The van der Waals surface area contributed by atoms with Crippen molar-refractivity contribution in [3.63, 3.8) is 0 Å². The Morgan fingerprint density at radius 3 is 2.20 bits per heavy atom. The van der Waals surface area contributed by atoms with E-state index in [1.54, 1.807) is 0 Å². The van der Waals surface area contributed by atoms with Crippen LogP contribution in [0.4, 0.5) is 8.78 Å². The molecule has 20 heavy (non-hydrogen) atoms. The highest BCUT2D eigenvalue weighted by Crippen LogP contribution is 2.31. The predicted molar refractivity (Wildman–Crippen MR) is 70.9 cm³/mol. The monoisotopic (exact) mass is 280 g/mol. The van der Waals surface area contributed by atoms with Crippen molar-refractivity contribution < 1.29 is 13.6 Å². The van der Waals surface area contributed by atoms with Crippen LogP contribution in [0.15, 0.2) is 18.2 Å². The molecule has 1 aromatic carbocycles. The van der Waals surface area contributed by atoms with Gasteiger partial charge in [0.25, 0.3) is 0 Å². The van der Waals surface area contributed by atoms with E-state index in [1.807, 2.05) is 4.90 Å². The van der Waals surface area contributed by atoms with Gasteiger partial charge < -0.3 is 4.90 Å². The van der Waals surface area contributed by atoms with Crippen molar-refractivity contribution in [2.24, 2.45) is 5.92 Å². The Balaban J connectivity index is 1.54. The topological polar surface area (TPSA) is 23.6 Å².